The maximum absolute atomic E-state index is 12.3. The monoisotopic (exact) mass is 331 g/mol. The Balaban J connectivity index is 2.37. The van der Waals surface area contributed by atoms with Crippen molar-refractivity contribution in [2.75, 3.05) is 10.5 Å². The third-order valence-electron chi connectivity index (χ3n) is 2.71. The van der Waals surface area contributed by atoms with Gasteiger partial charge in [0.05, 0.1) is 11.4 Å². The first-order valence-corrected chi connectivity index (χ1v) is 8.55. The lowest BCUT2D eigenvalue weighted by molar-refractivity contribution is 0.601. The van der Waals surface area contributed by atoms with Crippen LogP contribution >= 0.6 is 22.9 Å². The van der Waals surface area contributed by atoms with Crippen LogP contribution in [0.2, 0.25) is 5.02 Å². The Bertz CT molecular complexity index is 741. The van der Waals surface area contributed by atoms with Gasteiger partial charge in [-0.2, -0.15) is 0 Å². The molecule has 2 rings (SSSR count). The zero-order valence-electron chi connectivity index (χ0n) is 11.0. The minimum Gasteiger partial charge on any atom is -0.398 e. The van der Waals surface area contributed by atoms with Gasteiger partial charge in [-0.05, 0) is 31.5 Å². The van der Waals surface area contributed by atoms with E-state index in [0.717, 1.165) is 17.0 Å². The molecular weight excluding hydrogens is 318 g/mol. The standard InChI is InChI=1S/C12H14ClN3O2S2/c1-3-10-7(2)19-12(15-10)16-20(17,18)11-6-8(13)4-5-9(11)14/h4-6H,3,14H2,1-2H3,(H,15,16). The Morgan fingerprint density at radius 1 is 1.45 bits per heavy atom. The van der Waals surface area contributed by atoms with Crippen molar-refractivity contribution in [2.24, 2.45) is 0 Å². The van der Waals surface area contributed by atoms with Gasteiger partial charge in [-0.1, -0.05) is 18.5 Å². The highest BCUT2D eigenvalue weighted by Crippen LogP contribution is 2.28. The molecule has 0 radical (unpaired) electrons. The second kappa shape index (κ2) is 5.59. The van der Waals surface area contributed by atoms with Crippen molar-refractivity contribution >= 4 is 43.8 Å². The molecule has 0 fully saturated rings. The van der Waals surface area contributed by atoms with E-state index in [9.17, 15) is 8.42 Å². The summed E-state index contributed by atoms with van der Waals surface area (Å²) in [5.41, 5.74) is 6.72. The van der Waals surface area contributed by atoms with Crippen LogP contribution in [-0.4, -0.2) is 13.4 Å². The number of hydrogen-bond acceptors (Lipinski definition) is 5. The topological polar surface area (TPSA) is 85.1 Å². The zero-order chi connectivity index (χ0) is 14.9. The first-order chi connectivity index (χ1) is 9.33. The largest absolute Gasteiger partial charge is 0.398 e. The van der Waals surface area contributed by atoms with E-state index in [1.165, 1.54) is 23.5 Å². The van der Waals surface area contributed by atoms with E-state index in [1.54, 1.807) is 6.07 Å². The molecule has 0 amide bonds. The summed E-state index contributed by atoms with van der Waals surface area (Å²) in [6.45, 7) is 3.87. The third kappa shape index (κ3) is 3.05. The summed E-state index contributed by atoms with van der Waals surface area (Å²) in [5.74, 6) is 0. The van der Waals surface area contributed by atoms with E-state index in [2.05, 4.69) is 9.71 Å². The van der Waals surface area contributed by atoms with Crippen molar-refractivity contribution < 1.29 is 8.42 Å². The van der Waals surface area contributed by atoms with Crippen LogP contribution < -0.4 is 10.5 Å². The quantitative estimate of drug-likeness (QED) is 0.843. The van der Waals surface area contributed by atoms with Gasteiger partial charge in [-0.15, -0.1) is 11.3 Å². The molecule has 20 heavy (non-hydrogen) atoms. The van der Waals surface area contributed by atoms with Gasteiger partial charge < -0.3 is 5.73 Å². The highest BCUT2D eigenvalue weighted by atomic mass is 35.5. The molecule has 0 bridgehead atoms. The molecule has 0 aliphatic carbocycles. The van der Waals surface area contributed by atoms with Crippen LogP contribution in [0.15, 0.2) is 23.1 Å². The average Bonchev–Trinajstić information content (AvgIpc) is 2.71. The molecule has 0 spiro atoms. The smallest absolute Gasteiger partial charge is 0.265 e. The van der Waals surface area contributed by atoms with Gasteiger partial charge in [0.1, 0.15) is 4.90 Å². The predicted octanol–water partition coefficient (Wildman–Crippen LogP) is 3.05. The Morgan fingerprint density at radius 3 is 2.75 bits per heavy atom. The van der Waals surface area contributed by atoms with Crippen LogP contribution in [-0.2, 0) is 16.4 Å². The molecule has 0 aliphatic heterocycles. The number of nitrogen functional groups attached to an aromatic ring is 1. The lowest BCUT2D eigenvalue weighted by Gasteiger charge is -2.08. The molecule has 8 heteroatoms. The molecule has 1 aromatic heterocycles. The fourth-order valence-corrected chi connectivity index (χ4v) is 4.24. The van der Waals surface area contributed by atoms with Crippen LogP contribution in [0.5, 0.6) is 0 Å². The number of nitrogens with zero attached hydrogens (tertiary/aromatic N) is 1. The molecule has 0 saturated heterocycles. The number of rotatable bonds is 4. The summed E-state index contributed by atoms with van der Waals surface area (Å²) in [6, 6.07) is 4.32. The molecule has 0 unspecified atom stereocenters. The van der Waals surface area contributed by atoms with E-state index in [1.807, 2.05) is 13.8 Å². The number of hydrogen-bond donors (Lipinski definition) is 2. The summed E-state index contributed by atoms with van der Waals surface area (Å²) >= 11 is 7.11. The number of benzene rings is 1. The lowest BCUT2D eigenvalue weighted by Crippen LogP contribution is -2.14. The fourth-order valence-electron chi connectivity index (χ4n) is 1.71. The summed E-state index contributed by atoms with van der Waals surface area (Å²) in [5, 5.41) is 0.642. The van der Waals surface area contributed by atoms with Gasteiger partial charge in [0.15, 0.2) is 5.13 Å². The summed E-state index contributed by atoms with van der Waals surface area (Å²) in [6.07, 6.45) is 0.753. The van der Waals surface area contributed by atoms with Crippen molar-refractivity contribution in [1.82, 2.24) is 4.98 Å². The van der Waals surface area contributed by atoms with E-state index >= 15 is 0 Å². The number of aromatic nitrogens is 1. The van der Waals surface area contributed by atoms with Crippen molar-refractivity contribution in [1.29, 1.82) is 0 Å². The number of nitrogens with one attached hydrogen (secondary N) is 1. The highest BCUT2D eigenvalue weighted by Gasteiger charge is 2.20. The van der Waals surface area contributed by atoms with Gasteiger partial charge in [-0.3, -0.25) is 4.72 Å². The van der Waals surface area contributed by atoms with E-state index < -0.39 is 10.0 Å². The number of anilines is 2. The highest BCUT2D eigenvalue weighted by molar-refractivity contribution is 7.93. The van der Waals surface area contributed by atoms with Gasteiger partial charge in [0.25, 0.3) is 10.0 Å². The second-order valence-corrected chi connectivity index (χ2v) is 7.45. The van der Waals surface area contributed by atoms with E-state index in [0.29, 0.717) is 10.2 Å². The zero-order valence-corrected chi connectivity index (χ0v) is 13.4. The van der Waals surface area contributed by atoms with Crippen molar-refractivity contribution in [3.05, 3.63) is 33.8 Å². The summed E-state index contributed by atoms with van der Waals surface area (Å²) in [7, 11) is -3.79. The predicted molar refractivity (Wildman–Crippen MR) is 82.9 cm³/mol. The minimum absolute atomic E-state index is 0.0455. The number of halogens is 1. The SMILES string of the molecule is CCc1nc(NS(=O)(=O)c2cc(Cl)ccc2N)sc1C. The number of aryl methyl sites for hydroxylation is 2. The summed E-state index contributed by atoms with van der Waals surface area (Å²) in [4.78, 5) is 5.19. The molecule has 5 nitrogen and oxygen atoms in total. The molecule has 2 aromatic rings. The molecular formula is C12H14ClN3O2S2. The van der Waals surface area contributed by atoms with Crippen LogP contribution in [0.25, 0.3) is 0 Å². The normalized spacial score (nSPS) is 11.6. The van der Waals surface area contributed by atoms with Crippen molar-refractivity contribution in [2.45, 2.75) is 25.2 Å². The molecule has 0 aliphatic rings. The Labute approximate surface area is 126 Å². The Hall–Kier alpha value is -1.31. The number of sulfonamides is 1. The van der Waals surface area contributed by atoms with Crippen LogP contribution in [0, 0.1) is 6.92 Å². The fraction of sp³-hybridized carbons (Fsp3) is 0.250. The molecule has 1 heterocycles. The minimum atomic E-state index is -3.79. The van der Waals surface area contributed by atoms with Crippen molar-refractivity contribution in [3.8, 4) is 0 Å². The number of thiazole rings is 1. The summed E-state index contributed by atoms with van der Waals surface area (Å²) < 4.78 is 27.0. The first-order valence-electron chi connectivity index (χ1n) is 5.87. The van der Waals surface area contributed by atoms with Crippen LogP contribution in [0.4, 0.5) is 10.8 Å². The molecule has 0 atom stereocenters. The second-order valence-electron chi connectivity index (χ2n) is 4.16. The van der Waals surface area contributed by atoms with E-state index in [4.69, 9.17) is 17.3 Å². The maximum Gasteiger partial charge on any atom is 0.265 e. The maximum atomic E-state index is 12.3. The lowest BCUT2D eigenvalue weighted by atomic mass is 10.3. The van der Waals surface area contributed by atoms with Gasteiger partial charge >= 0.3 is 0 Å². The average molecular weight is 332 g/mol. The van der Waals surface area contributed by atoms with Gasteiger partial charge in [0, 0.05) is 9.90 Å². The molecule has 3 N–H and O–H groups in total. The third-order valence-corrected chi connectivity index (χ3v) is 5.40. The molecule has 0 saturated carbocycles. The van der Waals surface area contributed by atoms with E-state index in [-0.39, 0.29) is 10.6 Å². The first kappa shape index (κ1) is 15.1. The molecule has 1 aromatic carbocycles. The Morgan fingerprint density at radius 2 is 2.15 bits per heavy atom. The van der Waals surface area contributed by atoms with Gasteiger partial charge in [0.2, 0.25) is 0 Å². The van der Waals surface area contributed by atoms with Crippen LogP contribution in [0.3, 0.4) is 0 Å². The van der Waals surface area contributed by atoms with Gasteiger partial charge in [-0.25, -0.2) is 13.4 Å². The molecule has 108 valence electrons. The Kier molecular flexibility index (Phi) is 4.22. The number of nitrogens with two attached hydrogens (primary N) is 1. The van der Waals surface area contributed by atoms with Crippen LogP contribution in [0.1, 0.15) is 17.5 Å². The van der Waals surface area contributed by atoms with Crippen molar-refractivity contribution in [3.63, 3.8) is 0 Å².